The number of carbonyl (C=O) groups excluding carboxylic acids is 1. The van der Waals surface area contributed by atoms with E-state index in [-0.39, 0.29) is 41.4 Å². The quantitative estimate of drug-likeness (QED) is 0.801. The van der Waals surface area contributed by atoms with Crippen LogP contribution in [0.15, 0.2) is 47.6 Å². The van der Waals surface area contributed by atoms with E-state index >= 15 is 0 Å². The molecule has 1 aromatic heterocycles. The number of benzene rings is 1. The first-order valence-corrected chi connectivity index (χ1v) is 9.58. The Hall–Kier alpha value is -2.65. The van der Waals surface area contributed by atoms with Crippen molar-refractivity contribution in [3.63, 3.8) is 0 Å². The summed E-state index contributed by atoms with van der Waals surface area (Å²) in [6.45, 7) is 0.402. The van der Waals surface area contributed by atoms with Crippen LogP contribution in [0, 0.1) is 0 Å². The van der Waals surface area contributed by atoms with Crippen molar-refractivity contribution >= 4 is 15.9 Å². The fraction of sp³-hybridized carbons (Fsp3) is 0.294. The Morgan fingerprint density at radius 3 is 2.92 bits per heavy atom. The van der Waals surface area contributed by atoms with Gasteiger partial charge in [-0.2, -0.15) is 4.31 Å². The third kappa shape index (κ3) is 2.89. The van der Waals surface area contributed by atoms with E-state index in [1.165, 1.54) is 28.8 Å². The average Bonchev–Trinajstić information content (AvgIpc) is 2.99. The number of nitrogens with one attached hydrogen (secondary N) is 1. The Morgan fingerprint density at radius 1 is 1.31 bits per heavy atom. The molecule has 9 heteroatoms. The van der Waals surface area contributed by atoms with Crippen molar-refractivity contribution in [3.8, 4) is 11.5 Å². The lowest BCUT2D eigenvalue weighted by atomic mass is 10.1. The Morgan fingerprint density at radius 2 is 2.12 bits per heavy atom. The number of pyridine rings is 1. The highest BCUT2D eigenvalue weighted by molar-refractivity contribution is 7.89. The zero-order valence-corrected chi connectivity index (χ0v) is 14.5. The van der Waals surface area contributed by atoms with Crippen LogP contribution in [0.3, 0.4) is 0 Å². The van der Waals surface area contributed by atoms with Crippen LogP contribution >= 0.6 is 0 Å². The van der Waals surface area contributed by atoms with Gasteiger partial charge in [-0.05, 0) is 24.6 Å². The number of para-hydroxylation sites is 1. The maximum Gasteiger partial charge on any atom is 0.253 e. The number of fused-ring (bicyclic) bond motifs is 2. The summed E-state index contributed by atoms with van der Waals surface area (Å²) in [7, 11) is -3.69. The van der Waals surface area contributed by atoms with Crippen LogP contribution in [-0.2, 0) is 10.0 Å². The predicted octanol–water partition coefficient (Wildman–Crippen LogP) is 0.741. The van der Waals surface area contributed by atoms with Crippen molar-refractivity contribution in [1.29, 1.82) is 0 Å². The lowest BCUT2D eigenvalue weighted by Crippen LogP contribution is -2.39. The summed E-state index contributed by atoms with van der Waals surface area (Å²) in [6, 6.07) is 7.17. The third-order valence-corrected chi connectivity index (χ3v) is 6.51. The molecule has 0 radical (unpaired) electrons. The normalized spacial score (nSPS) is 24.0. The summed E-state index contributed by atoms with van der Waals surface area (Å²) in [6.07, 6.45) is 3.03. The number of aromatic hydroxyl groups is 1. The Kier molecular flexibility index (Phi) is 4.04. The van der Waals surface area contributed by atoms with Gasteiger partial charge in [-0.3, -0.25) is 9.78 Å². The first-order valence-electron chi connectivity index (χ1n) is 8.14. The highest BCUT2D eigenvalue weighted by Gasteiger charge is 2.44. The van der Waals surface area contributed by atoms with Crippen molar-refractivity contribution in [2.45, 2.75) is 23.4 Å². The second kappa shape index (κ2) is 6.26. The van der Waals surface area contributed by atoms with E-state index < -0.39 is 15.9 Å². The van der Waals surface area contributed by atoms with Crippen LogP contribution in [-0.4, -0.2) is 54.0 Å². The fourth-order valence-electron chi connectivity index (χ4n) is 3.35. The molecule has 8 nitrogen and oxygen atoms in total. The van der Waals surface area contributed by atoms with Crippen LogP contribution < -0.4 is 10.1 Å². The molecule has 2 aliphatic heterocycles. The number of amides is 1. The number of rotatable bonds is 2. The molecule has 1 amide bonds. The molecule has 3 heterocycles. The van der Waals surface area contributed by atoms with Gasteiger partial charge < -0.3 is 15.2 Å². The van der Waals surface area contributed by atoms with Crippen LogP contribution in [0.2, 0.25) is 0 Å². The topological polar surface area (TPSA) is 109 Å². The monoisotopic (exact) mass is 375 g/mol. The highest BCUT2D eigenvalue weighted by atomic mass is 32.2. The van der Waals surface area contributed by atoms with E-state index in [4.69, 9.17) is 4.74 Å². The van der Waals surface area contributed by atoms with E-state index in [9.17, 15) is 18.3 Å². The third-order valence-electron chi connectivity index (χ3n) is 4.55. The maximum atomic E-state index is 12.9. The number of sulfonamides is 1. The maximum absolute atomic E-state index is 12.9. The van der Waals surface area contributed by atoms with Gasteiger partial charge in [0.15, 0.2) is 0 Å². The summed E-state index contributed by atoms with van der Waals surface area (Å²) in [4.78, 5) is 16.2. The molecular formula is C17H17N3O5S. The summed E-state index contributed by atoms with van der Waals surface area (Å²) in [5.74, 6) is -0.159. The van der Waals surface area contributed by atoms with Crippen molar-refractivity contribution in [2.24, 2.45) is 0 Å². The molecule has 4 rings (SSSR count). The number of hydrogen-bond donors (Lipinski definition) is 2. The average molecular weight is 375 g/mol. The second-order valence-electron chi connectivity index (χ2n) is 6.32. The molecule has 136 valence electrons. The Balaban J connectivity index is 1.54. The van der Waals surface area contributed by atoms with Gasteiger partial charge in [-0.1, -0.05) is 12.1 Å². The van der Waals surface area contributed by atoms with Gasteiger partial charge in [0, 0.05) is 18.8 Å². The van der Waals surface area contributed by atoms with Gasteiger partial charge >= 0.3 is 0 Å². The second-order valence-corrected chi connectivity index (χ2v) is 8.18. The number of hydrogen-bond acceptors (Lipinski definition) is 6. The molecular weight excluding hydrogens is 358 g/mol. The summed E-state index contributed by atoms with van der Waals surface area (Å²) >= 11 is 0. The van der Waals surface area contributed by atoms with Crippen LogP contribution in [0.4, 0.5) is 0 Å². The van der Waals surface area contributed by atoms with Gasteiger partial charge in [-0.15, -0.1) is 0 Å². The molecule has 2 atom stereocenters. The van der Waals surface area contributed by atoms with E-state index in [0.717, 1.165) is 0 Å². The first kappa shape index (κ1) is 16.8. The van der Waals surface area contributed by atoms with Crippen LogP contribution in [0.1, 0.15) is 16.8 Å². The molecule has 0 spiro atoms. The number of ether oxygens (including phenoxy) is 1. The number of carbonyl (C=O) groups is 1. The Labute approximate surface area is 150 Å². The molecule has 0 aliphatic carbocycles. The van der Waals surface area contributed by atoms with E-state index in [1.807, 2.05) is 0 Å². The minimum Gasteiger partial charge on any atom is -0.506 e. The van der Waals surface area contributed by atoms with Gasteiger partial charge in [0.25, 0.3) is 5.91 Å². The molecule has 26 heavy (non-hydrogen) atoms. The zero-order valence-electron chi connectivity index (χ0n) is 13.7. The van der Waals surface area contributed by atoms with Gasteiger partial charge in [0.2, 0.25) is 10.0 Å². The lowest BCUT2D eigenvalue weighted by molar-refractivity contribution is 0.0937. The summed E-state index contributed by atoms with van der Waals surface area (Å²) in [5.41, 5.74) is 0.219. The van der Waals surface area contributed by atoms with Crippen LogP contribution in [0.25, 0.3) is 0 Å². The fourth-order valence-corrected chi connectivity index (χ4v) is 5.15. The molecule has 1 fully saturated rings. The molecule has 0 saturated carbocycles. The Bertz CT molecular complexity index is 962. The van der Waals surface area contributed by atoms with Crippen LogP contribution in [0.5, 0.6) is 11.5 Å². The SMILES string of the molecule is O=C(N[C@H]1C[C@H]2COc3ccccc3S(=O)(=O)N2C1)c1cncc(O)c1. The minimum atomic E-state index is -3.69. The highest BCUT2D eigenvalue weighted by Crippen LogP contribution is 2.35. The number of aromatic nitrogens is 1. The molecule has 2 N–H and O–H groups in total. The van der Waals surface area contributed by atoms with Crippen molar-refractivity contribution < 1.29 is 23.1 Å². The van der Waals surface area contributed by atoms with Crippen molar-refractivity contribution in [1.82, 2.24) is 14.6 Å². The van der Waals surface area contributed by atoms with E-state index in [0.29, 0.717) is 12.2 Å². The zero-order chi connectivity index (χ0) is 18.3. The number of nitrogens with zero attached hydrogens (tertiary/aromatic N) is 2. The van der Waals surface area contributed by atoms with E-state index in [2.05, 4.69) is 10.3 Å². The van der Waals surface area contributed by atoms with Crippen molar-refractivity contribution in [3.05, 3.63) is 48.3 Å². The molecule has 2 aliphatic rings. The molecule has 2 aromatic rings. The molecule has 0 bridgehead atoms. The summed E-state index contributed by atoms with van der Waals surface area (Å²) < 4.78 is 33.0. The van der Waals surface area contributed by atoms with Gasteiger partial charge in [0.1, 0.15) is 23.0 Å². The molecule has 1 aromatic carbocycles. The predicted molar refractivity (Wildman–Crippen MR) is 91.4 cm³/mol. The smallest absolute Gasteiger partial charge is 0.253 e. The minimum absolute atomic E-state index is 0.106. The standard InChI is InChI=1S/C17H17N3O5S/c21-14-5-11(7-18-8-14)17(22)19-12-6-13-10-25-15-3-1-2-4-16(15)26(23,24)20(13)9-12/h1-5,7-8,12-13,21H,6,9-10H2,(H,19,22)/t12-,13-/m0/s1. The lowest BCUT2D eigenvalue weighted by Gasteiger charge is -2.19. The van der Waals surface area contributed by atoms with E-state index in [1.54, 1.807) is 18.2 Å². The van der Waals surface area contributed by atoms with Gasteiger partial charge in [-0.25, -0.2) is 8.42 Å². The summed E-state index contributed by atoms with van der Waals surface area (Å²) in [5, 5.41) is 12.2. The largest absolute Gasteiger partial charge is 0.506 e. The first-order chi connectivity index (χ1) is 12.4. The molecule has 1 saturated heterocycles. The molecule has 0 unspecified atom stereocenters. The van der Waals surface area contributed by atoms with Gasteiger partial charge in [0.05, 0.1) is 17.8 Å². The van der Waals surface area contributed by atoms with Crippen molar-refractivity contribution in [2.75, 3.05) is 13.2 Å².